The molecule has 1 N–H and O–H groups in total. The number of rotatable bonds is 8. The number of aryl methyl sites for hydroxylation is 1. The first-order valence-electron chi connectivity index (χ1n) is 10.3. The van der Waals surface area contributed by atoms with Crippen LogP contribution in [0.4, 0.5) is 5.69 Å². The number of nitrogens with zero attached hydrogens (tertiary/aromatic N) is 1. The lowest BCUT2D eigenvalue weighted by atomic mass is 9.98. The van der Waals surface area contributed by atoms with Crippen LogP contribution in [0, 0.1) is 6.92 Å². The number of hydrogen-bond acceptors (Lipinski definition) is 4. The lowest BCUT2D eigenvalue weighted by Gasteiger charge is -2.24. The zero-order chi connectivity index (χ0) is 22.4. The van der Waals surface area contributed by atoms with Gasteiger partial charge in [0, 0.05) is 11.3 Å². The first-order valence-corrected chi connectivity index (χ1v) is 10.3. The number of anilines is 1. The zero-order valence-electron chi connectivity index (χ0n) is 18.5. The molecule has 3 aromatic rings. The van der Waals surface area contributed by atoms with E-state index in [2.05, 4.69) is 13.8 Å². The van der Waals surface area contributed by atoms with Crippen molar-refractivity contribution >= 4 is 11.6 Å². The van der Waals surface area contributed by atoms with Gasteiger partial charge < -0.3 is 19.5 Å². The van der Waals surface area contributed by atoms with E-state index in [1.165, 1.54) is 5.56 Å². The Bertz CT molecular complexity index is 1030. The Labute approximate surface area is 183 Å². The molecule has 1 amide bonds. The minimum Gasteiger partial charge on any atom is -0.508 e. The van der Waals surface area contributed by atoms with Crippen LogP contribution < -0.4 is 14.4 Å². The van der Waals surface area contributed by atoms with E-state index in [1.54, 1.807) is 42.3 Å². The highest BCUT2D eigenvalue weighted by molar-refractivity contribution is 5.94. The second-order valence-electron chi connectivity index (χ2n) is 7.77. The van der Waals surface area contributed by atoms with Crippen LogP contribution in [0.1, 0.15) is 36.5 Å². The van der Waals surface area contributed by atoms with Crippen molar-refractivity contribution in [2.24, 2.45) is 0 Å². The molecule has 3 aromatic carbocycles. The molecule has 0 aliphatic heterocycles. The summed E-state index contributed by atoms with van der Waals surface area (Å²) in [7, 11) is 1.60. The number of methoxy groups -OCH3 is 1. The second kappa shape index (κ2) is 10.0. The monoisotopic (exact) mass is 419 g/mol. The molecule has 0 saturated heterocycles. The largest absolute Gasteiger partial charge is 0.508 e. The molecule has 0 atom stereocenters. The van der Waals surface area contributed by atoms with E-state index in [0.717, 1.165) is 5.56 Å². The van der Waals surface area contributed by atoms with Gasteiger partial charge in [-0.1, -0.05) is 38.1 Å². The fourth-order valence-electron chi connectivity index (χ4n) is 3.51. The van der Waals surface area contributed by atoms with Crippen molar-refractivity contribution in [2.45, 2.75) is 33.2 Å². The highest BCUT2D eigenvalue weighted by Crippen LogP contribution is 2.26. The topological polar surface area (TPSA) is 59.0 Å². The number of aromatic hydroxyl groups is 1. The van der Waals surface area contributed by atoms with Crippen LogP contribution in [0.2, 0.25) is 0 Å². The highest BCUT2D eigenvalue weighted by atomic mass is 16.5. The summed E-state index contributed by atoms with van der Waals surface area (Å²) < 4.78 is 11.0. The number of benzene rings is 3. The summed E-state index contributed by atoms with van der Waals surface area (Å²) in [6.07, 6.45) is 0. The maximum absolute atomic E-state index is 13.1. The van der Waals surface area contributed by atoms with Crippen LogP contribution in [0.5, 0.6) is 17.2 Å². The summed E-state index contributed by atoms with van der Waals surface area (Å²) in [5.74, 6) is 1.73. The van der Waals surface area contributed by atoms with Crippen molar-refractivity contribution in [2.75, 3.05) is 18.6 Å². The molecule has 0 aliphatic carbocycles. The van der Waals surface area contributed by atoms with Gasteiger partial charge in [0.1, 0.15) is 17.2 Å². The summed E-state index contributed by atoms with van der Waals surface area (Å²) in [5, 5.41) is 10.2. The third kappa shape index (κ3) is 5.57. The van der Waals surface area contributed by atoms with Crippen LogP contribution >= 0.6 is 0 Å². The molecule has 0 spiro atoms. The Kier molecular flexibility index (Phi) is 7.19. The number of phenolic OH excluding ortho intramolecular Hbond substituents is 1. The van der Waals surface area contributed by atoms with E-state index in [1.807, 2.05) is 43.3 Å². The Hall–Kier alpha value is -3.47. The average Bonchev–Trinajstić information content (AvgIpc) is 2.77. The van der Waals surface area contributed by atoms with Crippen LogP contribution in [-0.4, -0.2) is 24.7 Å². The van der Waals surface area contributed by atoms with Gasteiger partial charge in [-0.3, -0.25) is 4.79 Å². The minimum atomic E-state index is -0.209. The number of phenols is 1. The standard InChI is InChI=1S/C26H29NO4/c1-18(2)24-14-13-23(15-19(24)3)31-17-26(29)27(16-20-7-5-6-8-25(20)28)21-9-11-22(30-4)12-10-21/h5-15,18,28H,16-17H2,1-4H3. The van der Waals surface area contributed by atoms with E-state index in [4.69, 9.17) is 9.47 Å². The molecule has 0 unspecified atom stereocenters. The molecule has 0 aliphatic rings. The molecular formula is C26H29NO4. The SMILES string of the molecule is COc1ccc(N(Cc2ccccc2O)C(=O)COc2ccc(C(C)C)c(C)c2)cc1. The summed E-state index contributed by atoms with van der Waals surface area (Å²) >= 11 is 0. The second-order valence-corrected chi connectivity index (χ2v) is 7.77. The van der Waals surface area contributed by atoms with Gasteiger partial charge in [-0.2, -0.15) is 0 Å². The normalized spacial score (nSPS) is 10.7. The molecule has 31 heavy (non-hydrogen) atoms. The van der Waals surface area contributed by atoms with Gasteiger partial charge in [0.15, 0.2) is 6.61 Å². The summed E-state index contributed by atoms with van der Waals surface area (Å²) in [6.45, 7) is 6.47. The van der Waals surface area contributed by atoms with Crippen molar-refractivity contribution < 1.29 is 19.4 Å². The first-order chi connectivity index (χ1) is 14.9. The third-order valence-corrected chi connectivity index (χ3v) is 5.23. The lowest BCUT2D eigenvalue weighted by molar-refractivity contribution is -0.120. The van der Waals surface area contributed by atoms with E-state index >= 15 is 0 Å². The molecule has 0 bridgehead atoms. The number of amides is 1. The maximum Gasteiger partial charge on any atom is 0.265 e. The maximum atomic E-state index is 13.1. The molecule has 5 heteroatoms. The number of para-hydroxylation sites is 1. The van der Waals surface area contributed by atoms with Gasteiger partial charge >= 0.3 is 0 Å². The Morgan fingerprint density at radius 1 is 1.00 bits per heavy atom. The average molecular weight is 420 g/mol. The molecular weight excluding hydrogens is 390 g/mol. The number of ether oxygens (including phenoxy) is 2. The third-order valence-electron chi connectivity index (χ3n) is 5.23. The van der Waals surface area contributed by atoms with E-state index in [9.17, 15) is 9.90 Å². The molecule has 3 rings (SSSR count). The molecule has 0 radical (unpaired) electrons. The Balaban J connectivity index is 1.80. The summed E-state index contributed by atoms with van der Waals surface area (Å²) in [5.41, 5.74) is 3.76. The summed E-state index contributed by atoms with van der Waals surface area (Å²) in [6, 6.07) is 20.1. The number of carbonyl (C=O) groups is 1. The molecule has 0 saturated carbocycles. The molecule has 0 aromatic heterocycles. The van der Waals surface area contributed by atoms with Crippen molar-refractivity contribution in [1.82, 2.24) is 0 Å². The van der Waals surface area contributed by atoms with Gasteiger partial charge in [0.2, 0.25) is 0 Å². The van der Waals surface area contributed by atoms with Gasteiger partial charge in [-0.05, 0) is 66.4 Å². The summed E-state index contributed by atoms with van der Waals surface area (Å²) in [4.78, 5) is 14.7. The lowest BCUT2D eigenvalue weighted by Crippen LogP contribution is -2.34. The fraction of sp³-hybridized carbons (Fsp3) is 0.269. The highest BCUT2D eigenvalue weighted by Gasteiger charge is 2.19. The molecule has 0 fully saturated rings. The van der Waals surface area contributed by atoms with Crippen LogP contribution in [-0.2, 0) is 11.3 Å². The van der Waals surface area contributed by atoms with Gasteiger partial charge in [-0.25, -0.2) is 0 Å². The molecule has 5 nitrogen and oxygen atoms in total. The minimum absolute atomic E-state index is 0.111. The van der Waals surface area contributed by atoms with Crippen LogP contribution in [0.3, 0.4) is 0 Å². The predicted octanol–water partition coefficient (Wildman–Crippen LogP) is 5.44. The Morgan fingerprint density at radius 3 is 2.29 bits per heavy atom. The molecule has 0 heterocycles. The van der Waals surface area contributed by atoms with E-state index < -0.39 is 0 Å². The number of hydrogen-bond donors (Lipinski definition) is 1. The van der Waals surface area contributed by atoms with Gasteiger partial charge in [0.25, 0.3) is 5.91 Å². The Morgan fingerprint density at radius 2 is 1.68 bits per heavy atom. The number of carbonyl (C=O) groups excluding carboxylic acids is 1. The predicted molar refractivity (Wildman–Crippen MR) is 123 cm³/mol. The quantitative estimate of drug-likeness (QED) is 0.528. The van der Waals surface area contributed by atoms with Crippen LogP contribution in [0.15, 0.2) is 66.7 Å². The van der Waals surface area contributed by atoms with Crippen molar-refractivity contribution in [1.29, 1.82) is 0 Å². The smallest absolute Gasteiger partial charge is 0.265 e. The van der Waals surface area contributed by atoms with E-state index in [-0.39, 0.29) is 24.8 Å². The zero-order valence-corrected chi connectivity index (χ0v) is 18.5. The van der Waals surface area contributed by atoms with Gasteiger partial charge in [-0.15, -0.1) is 0 Å². The first kappa shape index (κ1) is 22.2. The van der Waals surface area contributed by atoms with Crippen molar-refractivity contribution in [3.05, 3.63) is 83.4 Å². The molecule has 162 valence electrons. The van der Waals surface area contributed by atoms with E-state index in [0.29, 0.717) is 28.7 Å². The fourth-order valence-corrected chi connectivity index (χ4v) is 3.51. The van der Waals surface area contributed by atoms with Crippen LogP contribution in [0.25, 0.3) is 0 Å². The van der Waals surface area contributed by atoms with Crippen molar-refractivity contribution in [3.8, 4) is 17.2 Å². The van der Waals surface area contributed by atoms with Gasteiger partial charge in [0.05, 0.1) is 13.7 Å². The van der Waals surface area contributed by atoms with Crippen molar-refractivity contribution in [3.63, 3.8) is 0 Å².